The molecule has 0 atom stereocenters. The highest BCUT2D eigenvalue weighted by atomic mass is 19.4. The third kappa shape index (κ3) is 4.81. The average molecular weight is 390 g/mol. The molecular weight excluding hydrogens is 374 g/mol. The molecule has 3 rings (SSSR count). The van der Waals surface area contributed by atoms with Gasteiger partial charge in [0.1, 0.15) is 5.82 Å². The first-order valence-electron chi connectivity index (χ1n) is 8.29. The summed E-state index contributed by atoms with van der Waals surface area (Å²) in [6, 6.07) is 5.05. The molecule has 1 saturated carbocycles. The maximum absolute atomic E-state index is 13.1. The zero-order valence-electron chi connectivity index (χ0n) is 14.0. The molecule has 10 heteroatoms. The fourth-order valence-electron chi connectivity index (χ4n) is 2.95. The number of nitrogens with zero attached hydrogens (tertiary/aromatic N) is 2. The molecule has 0 saturated heterocycles. The SMILES string of the molecule is FC(F)(F)c1cc(Nc2ccccc2C(F)(F)F)nc(NC2CCCC2)n1. The van der Waals surface area contributed by atoms with Crippen LogP contribution in [0, 0.1) is 0 Å². The highest BCUT2D eigenvalue weighted by molar-refractivity contribution is 5.62. The van der Waals surface area contributed by atoms with E-state index < -0.39 is 23.6 Å². The monoisotopic (exact) mass is 390 g/mol. The molecule has 27 heavy (non-hydrogen) atoms. The van der Waals surface area contributed by atoms with Gasteiger partial charge in [-0.25, -0.2) is 4.98 Å². The average Bonchev–Trinajstić information content (AvgIpc) is 3.06. The summed E-state index contributed by atoms with van der Waals surface area (Å²) >= 11 is 0. The number of hydrogen-bond acceptors (Lipinski definition) is 4. The molecule has 146 valence electrons. The van der Waals surface area contributed by atoms with E-state index in [4.69, 9.17) is 0 Å². The second kappa shape index (κ2) is 7.24. The number of alkyl halides is 6. The predicted molar refractivity (Wildman–Crippen MR) is 87.6 cm³/mol. The second-order valence-corrected chi connectivity index (χ2v) is 6.25. The van der Waals surface area contributed by atoms with Gasteiger partial charge in [-0.3, -0.25) is 0 Å². The number of para-hydroxylation sites is 1. The summed E-state index contributed by atoms with van der Waals surface area (Å²) in [6.45, 7) is 0. The first-order chi connectivity index (χ1) is 12.6. The maximum atomic E-state index is 13.1. The molecule has 1 heterocycles. The van der Waals surface area contributed by atoms with Crippen LogP contribution in [0.3, 0.4) is 0 Å². The molecule has 1 aliphatic rings. The summed E-state index contributed by atoms with van der Waals surface area (Å²) in [6.07, 6.45) is -5.97. The molecular formula is C17H16F6N4. The Hall–Kier alpha value is -2.52. The van der Waals surface area contributed by atoms with Crippen LogP contribution < -0.4 is 10.6 Å². The van der Waals surface area contributed by atoms with Gasteiger partial charge in [0.25, 0.3) is 0 Å². The molecule has 1 aromatic heterocycles. The van der Waals surface area contributed by atoms with Crippen molar-refractivity contribution in [3.8, 4) is 0 Å². The zero-order chi connectivity index (χ0) is 19.7. The topological polar surface area (TPSA) is 49.8 Å². The highest BCUT2D eigenvalue weighted by Crippen LogP contribution is 2.37. The predicted octanol–water partition coefficient (Wildman–Crippen LogP) is 5.61. The van der Waals surface area contributed by atoms with Gasteiger partial charge in [-0.05, 0) is 25.0 Å². The van der Waals surface area contributed by atoms with Gasteiger partial charge in [-0.15, -0.1) is 0 Å². The molecule has 0 radical (unpaired) electrons. The standard InChI is InChI=1S/C17H16F6N4/c18-16(19,20)11-7-3-4-8-12(11)25-14-9-13(17(21,22)23)26-15(27-14)24-10-5-1-2-6-10/h3-4,7-10H,1-2,5-6H2,(H2,24,25,26,27). The number of halogens is 6. The third-order valence-corrected chi connectivity index (χ3v) is 4.20. The number of aromatic nitrogens is 2. The van der Waals surface area contributed by atoms with E-state index in [2.05, 4.69) is 20.6 Å². The van der Waals surface area contributed by atoms with Crippen LogP contribution in [-0.2, 0) is 12.4 Å². The van der Waals surface area contributed by atoms with Gasteiger partial charge >= 0.3 is 12.4 Å². The van der Waals surface area contributed by atoms with E-state index >= 15 is 0 Å². The van der Waals surface area contributed by atoms with E-state index in [1.165, 1.54) is 12.1 Å². The Kier molecular flexibility index (Phi) is 5.16. The number of anilines is 3. The number of nitrogens with one attached hydrogen (secondary N) is 2. The van der Waals surface area contributed by atoms with Crippen molar-refractivity contribution in [1.82, 2.24) is 9.97 Å². The van der Waals surface area contributed by atoms with Gasteiger partial charge in [0, 0.05) is 12.1 Å². The summed E-state index contributed by atoms with van der Waals surface area (Å²) in [5.74, 6) is -0.627. The van der Waals surface area contributed by atoms with Crippen LogP contribution in [0.25, 0.3) is 0 Å². The number of rotatable bonds is 4. The zero-order valence-corrected chi connectivity index (χ0v) is 14.0. The van der Waals surface area contributed by atoms with E-state index in [-0.39, 0.29) is 23.5 Å². The van der Waals surface area contributed by atoms with Crippen molar-refractivity contribution >= 4 is 17.5 Å². The molecule has 1 aliphatic carbocycles. The molecule has 0 aliphatic heterocycles. The van der Waals surface area contributed by atoms with Gasteiger partial charge < -0.3 is 10.6 Å². The quantitative estimate of drug-likeness (QED) is 0.666. The van der Waals surface area contributed by atoms with Crippen LogP contribution in [0.5, 0.6) is 0 Å². The van der Waals surface area contributed by atoms with Crippen LogP contribution >= 0.6 is 0 Å². The summed E-state index contributed by atoms with van der Waals surface area (Å²) in [7, 11) is 0. The maximum Gasteiger partial charge on any atom is 0.433 e. The van der Waals surface area contributed by atoms with Crippen molar-refractivity contribution in [3.05, 3.63) is 41.6 Å². The molecule has 1 aromatic carbocycles. The van der Waals surface area contributed by atoms with Gasteiger partial charge in [0.15, 0.2) is 5.69 Å². The van der Waals surface area contributed by atoms with Crippen molar-refractivity contribution in [2.24, 2.45) is 0 Å². The van der Waals surface area contributed by atoms with E-state index in [9.17, 15) is 26.3 Å². The fourth-order valence-corrected chi connectivity index (χ4v) is 2.95. The normalized spacial score (nSPS) is 15.8. The molecule has 2 N–H and O–H groups in total. The Labute approximate surface area is 151 Å². The summed E-state index contributed by atoms with van der Waals surface area (Å²) in [5.41, 5.74) is -2.61. The first kappa shape index (κ1) is 19.2. The van der Waals surface area contributed by atoms with Crippen LogP contribution in [0.1, 0.15) is 36.9 Å². The Morgan fingerprint density at radius 2 is 1.56 bits per heavy atom. The first-order valence-corrected chi connectivity index (χ1v) is 8.29. The van der Waals surface area contributed by atoms with Crippen molar-refractivity contribution < 1.29 is 26.3 Å². The molecule has 1 fully saturated rings. The highest BCUT2D eigenvalue weighted by Gasteiger charge is 2.35. The molecule has 0 unspecified atom stereocenters. The van der Waals surface area contributed by atoms with E-state index in [1.807, 2.05) is 0 Å². The second-order valence-electron chi connectivity index (χ2n) is 6.25. The Morgan fingerprint density at radius 3 is 2.19 bits per heavy atom. The molecule has 0 spiro atoms. The Balaban J connectivity index is 1.95. The van der Waals surface area contributed by atoms with Crippen molar-refractivity contribution in [1.29, 1.82) is 0 Å². The van der Waals surface area contributed by atoms with E-state index in [0.717, 1.165) is 37.8 Å². The minimum absolute atomic E-state index is 0.0520. The van der Waals surface area contributed by atoms with Crippen LogP contribution in [0.2, 0.25) is 0 Å². The lowest BCUT2D eigenvalue weighted by atomic mass is 10.1. The van der Waals surface area contributed by atoms with Gasteiger partial charge in [0.05, 0.1) is 11.3 Å². The smallest absolute Gasteiger partial charge is 0.351 e. The van der Waals surface area contributed by atoms with Gasteiger partial charge in [-0.1, -0.05) is 25.0 Å². The fraction of sp³-hybridized carbons (Fsp3) is 0.412. The summed E-state index contributed by atoms with van der Waals surface area (Å²) < 4.78 is 78.7. The van der Waals surface area contributed by atoms with Crippen LogP contribution in [0.15, 0.2) is 30.3 Å². The van der Waals surface area contributed by atoms with Crippen molar-refractivity contribution in [2.75, 3.05) is 10.6 Å². The Morgan fingerprint density at radius 1 is 0.889 bits per heavy atom. The van der Waals surface area contributed by atoms with Gasteiger partial charge in [-0.2, -0.15) is 31.3 Å². The third-order valence-electron chi connectivity index (χ3n) is 4.20. The van der Waals surface area contributed by atoms with E-state index in [0.29, 0.717) is 6.07 Å². The molecule has 0 bridgehead atoms. The lowest BCUT2D eigenvalue weighted by Gasteiger charge is -2.17. The lowest BCUT2D eigenvalue weighted by Crippen LogP contribution is -2.19. The number of benzene rings is 1. The van der Waals surface area contributed by atoms with Crippen LogP contribution in [-0.4, -0.2) is 16.0 Å². The summed E-state index contributed by atoms with van der Waals surface area (Å²) in [4.78, 5) is 7.40. The molecule has 0 amide bonds. The summed E-state index contributed by atoms with van der Waals surface area (Å²) in [5, 5.41) is 5.19. The Bertz CT molecular complexity index is 797. The van der Waals surface area contributed by atoms with Crippen molar-refractivity contribution in [2.45, 2.75) is 44.1 Å². The minimum Gasteiger partial charge on any atom is -0.351 e. The van der Waals surface area contributed by atoms with Crippen molar-refractivity contribution in [3.63, 3.8) is 0 Å². The number of hydrogen-bond donors (Lipinski definition) is 2. The van der Waals surface area contributed by atoms with Gasteiger partial charge in [0.2, 0.25) is 5.95 Å². The van der Waals surface area contributed by atoms with Crippen LogP contribution in [0.4, 0.5) is 43.8 Å². The van der Waals surface area contributed by atoms with E-state index in [1.54, 1.807) is 0 Å². The minimum atomic E-state index is -4.75. The lowest BCUT2D eigenvalue weighted by molar-refractivity contribution is -0.141. The molecule has 2 aromatic rings. The largest absolute Gasteiger partial charge is 0.433 e. The molecule has 4 nitrogen and oxygen atoms in total.